The number of hydrogen-bond acceptors (Lipinski definition) is 8. The minimum atomic E-state index is -4.79. The van der Waals surface area contributed by atoms with Crippen molar-refractivity contribution in [2.24, 2.45) is 23.2 Å². The number of nitrogens with zero attached hydrogens (tertiary/aromatic N) is 4. The molecule has 3 unspecified atom stereocenters. The first kappa shape index (κ1) is 27.3. The van der Waals surface area contributed by atoms with Crippen molar-refractivity contribution in [3.05, 3.63) is 71.7 Å². The first-order chi connectivity index (χ1) is 19.8. The summed E-state index contributed by atoms with van der Waals surface area (Å²) in [4.78, 5) is 13.0. The van der Waals surface area contributed by atoms with Crippen LogP contribution in [0.25, 0.3) is 0 Å². The number of halogens is 3. The second-order valence-electron chi connectivity index (χ2n) is 11.7. The molecule has 0 aliphatic heterocycles. The van der Waals surface area contributed by atoms with E-state index in [1.165, 1.54) is 43.2 Å². The predicted molar refractivity (Wildman–Crippen MR) is 147 cm³/mol. The van der Waals surface area contributed by atoms with Crippen LogP contribution >= 0.6 is 0 Å². The van der Waals surface area contributed by atoms with Crippen LogP contribution in [0.5, 0.6) is 5.75 Å². The van der Waals surface area contributed by atoms with E-state index in [1.807, 2.05) is 12.3 Å². The Labute approximate surface area is 236 Å². The molecule has 11 heteroatoms. The van der Waals surface area contributed by atoms with Gasteiger partial charge in [0.15, 0.2) is 0 Å². The van der Waals surface area contributed by atoms with Gasteiger partial charge in [-0.2, -0.15) is 10.2 Å². The molecule has 0 amide bonds. The van der Waals surface area contributed by atoms with Crippen LogP contribution < -0.4 is 20.7 Å². The Kier molecular flexibility index (Phi) is 7.43. The Morgan fingerprint density at radius 2 is 1.80 bits per heavy atom. The molecule has 0 saturated heterocycles. The fraction of sp³-hybridized carbons (Fsp3) is 0.467. The lowest BCUT2D eigenvalue weighted by atomic mass is 9.48. The summed E-state index contributed by atoms with van der Waals surface area (Å²) >= 11 is 0. The third kappa shape index (κ3) is 6.22. The number of para-hydroxylation sites is 1. The molecule has 8 nitrogen and oxygen atoms in total. The summed E-state index contributed by atoms with van der Waals surface area (Å²) in [6.07, 6.45) is 6.32. The smallest absolute Gasteiger partial charge is 0.405 e. The Bertz CT molecular complexity index is 1400. The van der Waals surface area contributed by atoms with Gasteiger partial charge in [-0.05, 0) is 73.0 Å². The Morgan fingerprint density at radius 3 is 2.54 bits per heavy atom. The molecule has 4 saturated carbocycles. The number of anilines is 2. The van der Waals surface area contributed by atoms with Crippen molar-refractivity contribution in [3.63, 3.8) is 0 Å². The Balaban J connectivity index is 1.10. The lowest BCUT2D eigenvalue weighted by Gasteiger charge is -2.60. The zero-order valence-corrected chi connectivity index (χ0v) is 22.5. The Morgan fingerprint density at radius 1 is 1.00 bits per heavy atom. The lowest BCUT2D eigenvalue weighted by Crippen LogP contribution is -2.59. The molecule has 2 heterocycles. The molecule has 4 bridgehead atoms. The van der Waals surface area contributed by atoms with Crippen LogP contribution in [0.1, 0.15) is 48.8 Å². The van der Waals surface area contributed by atoms with Crippen LogP contribution in [0.3, 0.4) is 0 Å². The zero-order valence-electron chi connectivity index (χ0n) is 22.5. The summed E-state index contributed by atoms with van der Waals surface area (Å²) in [6, 6.07) is 12.7. The van der Waals surface area contributed by atoms with Crippen molar-refractivity contribution in [1.29, 1.82) is 5.26 Å². The zero-order chi connectivity index (χ0) is 28.5. The molecule has 4 aliphatic rings. The monoisotopic (exact) mass is 563 g/mol. The van der Waals surface area contributed by atoms with Gasteiger partial charge >= 0.3 is 6.36 Å². The topological polar surface area (TPSA) is 108 Å². The maximum atomic E-state index is 12.8. The van der Waals surface area contributed by atoms with Crippen molar-refractivity contribution < 1.29 is 17.9 Å². The van der Waals surface area contributed by atoms with E-state index >= 15 is 0 Å². The SMILES string of the molecule is N#Cc1cnc(NCc2ccccc2OC(F)(F)F)nc1NCC12CC3C[C@H](C1)C(NCc1cccnc1)[C@@H](C3)C2. The van der Waals surface area contributed by atoms with E-state index in [4.69, 9.17) is 0 Å². The first-order valence-corrected chi connectivity index (χ1v) is 14.0. The van der Waals surface area contributed by atoms with Gasteiger partial charge in [0.2, 0.25) is 5.95 Å². The van der Waals surface area contributed by atoms with E-state index in [-0.39, 0.29) is 23.7 Å². The van der Waals surface area contributed by atoms with E-state index in [9.17, 15) is 18.4 Å². The van der Waals surface area contributed by atoms with Crippen molar-refractivity contribution in [2.45, 2.75) is 57.6 Å². The molecule has 0 spiro atoms. The van der Waals surface area contributed by atoms with Crippen LogP contribution in [0.2, 0.25) is 0 Å². The number of hydrogen-bond donors (Lipinski definition) is 3. The normalized spacial score (nSPS) is 26.4. The minimum Gasteiger partial charge on any atom is -0.405 e. The quantitative estimate of drug-likeness (QED) is 0.291. The third-order valence-corrected chi connectivity index (χ3v) is 8.84. The number of nitrogens with one attached hydrogen (secondary N) is 3. The van der Waals surface area contributed by atoms with Crippen molar-refractivity contribution >= 4 is 11.8 Å². The minimum absolute atomic E-state index is 0.0278. The van der Waals surface area contributed by atoms with Gasteiger partial charge in [0.25, 0.3) is 0 Å². The average molecular weight is 564 g/mol. The van der Waals surface area contributed by atoms with Gasteiger partial charge in [-0.15, -0.1) is 13.2 Å². The van der Waals surface area contributed by atoms with E-state index < -0.39 is 6.36 Å². The van der Waals surface area contributed by atoms with Crippen molar-refractivity contribution in [2.75, 3.05) is 17.2 Å². The summed E-state index contributed by atoms with van der Waals surface area (Å²) in [7, 11) is 0. The number of benzene rings is 1. The number of ether oxygens (including phenoxy) is 1. The predicted octanol–water partition coefficient (Wildman–Crippen LogP) is 5.65. The molecule has 214 valence electrons. The second kappa shape index (κ2) is 11.2. The number of alkyl halides is 3. The summed E-state index contributed by atoms with van der Waals surface area (Å²) in [5.41, 5.74) is 2.00. The maximum absolute atomic E-state index is 12.8. The molecular formula is C30H32F3N7O. The van der Waals surface area contributed by atoms with Gasteiger partial charge < -0.3 is 20.7 Å². The standard InChI is InChI=1S/C30H32F3N7O/c31-30(32,33)41-25-6-2-1-5-21(25)16-37-28-38-17-24(13-34)27(40-28)39-18-29-10-20-8-22(11-29)26(23(9-20)12-29)36-15-19-4-3-7-35-14-19/h1-7,14,17,20,22-23,26,36H,8-12,15-16,18H2,(H2,37,38,39,40)/t20?,22-,23+,26?,29?. The largest absolute Gasteiger partial charge is 0.573 e. The number of aromatic nitrogens is 3. The average Bonchev–Trinajstić information content (AvgIpc) is 2.95. The van der Waals surface area contributed by atoms with Crippen LogP contribution in [-0.2, 0) is 13.1 Å². The summed E-state index contributed by atoms with van der Waals surface area (Å²) in [5, 5.41) is 20.0. The molecule has 3 aromatic rings. The highest BCUT2D eigenvalue weighted by atomic mass is 19.4. The van der Waals surface area contributed by atoms with Gasteiger partial charge in [-0.3, -0.25) is 4.98 Å². The summed E-state index contributed by atoms with van der Waals surface area (Å²) < 4.78 is 42.5. The van der Waals surface area contributed by atoms with Crippen molar-refractivity contribution in [3.8, 4) is 11.8 Å². The van der Waals surface area contributed by atoms with Gasteiger partial charge in [-0.25, -0.2) is 4.98 Å². The number of nitriles is 1. The molecule has 0 radical (unpaired) electrons. The van der Waals surface area contributed by atoms with E-state index in [0.717, 1.165) is 31.8 Å². The van der Waals surface area contributed by atoms with E-state index in [1.54, 1.807) is 18.3 Å². The molecule has 1 aromatic carbocycles. The van der Waals surface area contributed by atoms with Gasteiger partial charge in [-0.1, -0.05) is 24.3 Å². The highest BCUT2D eigenvalue weighted by Gasteiger charge is 2.55. The maximum Gasteiger partial charge on any atom is 0.573 e. The highest BCUT2D eigenvalue weighted by molar-refractivity contribution is 5.53. The van der Waals surface area contributed by atoms with E-state index in [2.05, 4.69) is 47.8 Å². The molecule has 41 heavy (non-hydrogen) atoms. The van der Waals surface area contributed by atoms with Crippen LogP contribution in [0.4, 0.5) is 24.9 Å². The molecule has 7 rings (SSSR count). The molecule has 2 aromatic heterocycles. The lowest BCUT2D eigenvalue weighted by molar-refractivity contribution is -0.274. The second-order valence-corrected chi connectivity index (χ2v) is 11.7. The van der Waals surface area contributed by atoms with Crippen LogP contribution in [0, 0.1) is 34.5 Å². The third-order valence-electron chi connectivity index (χ3n) is 8.84. The first-order valence-electron chi connectivity index (χ1n) is 14.0. The molecular weight excluding hydrogens is 531 g/mol. The van der Waals surface area contributed by atoms with E-state index in [0.29, 0.717) is 34.8 Å². The highest BCUT2D eigenvalue weighted by Crippen LogP contribution is 2.60. The van der Waals surface area contributed by atoms with Crippen LogP contribution in [0.15, 0.2) is 55.0 Å². The summed E-state index contributed by atoms with van der Waals surface area (Å²) in [6.45, 7) is 1.58. The Hall–Kier alpha value is -3.91. The molecule has 4 fully saturated rings. The fourth-order valence-electron chi connectivity index (χ4n) is 7.48. The molecule has 3 N–H and O–H groups in total. The molecule has 4 aliphatic carbocycles. The fourth-order valence-corrected chi connectivity index (χ4v) is 7.48. The van der Waals surface area contributed by atoms with Gasteiger partial charge in [0, 0.05) is 43.6 Å². The van der Waals surface area contributed by atoms with Gasteiger partial charge in [0.05, 0.1) is 6.20 Å². The molecule has 5 atom stereocenters. The summed E-state index contributed by atoms with van der Waals surface area (Å²) in [5.74, 6) is 2.34. The van der Waals surface area contributed by atoms with Gasteiger partial charge in [0.1, 0.15) is 23.2 Å². The van der Waals surface area contributed by atoms with Crippen molar-refractivity contribution in [1.82, 2.24) is 20.3 Å². The number of pyridine rings is 1. The number of rotatable bonds is 10. The van der Waals surface area contributed by atoms with Crippen LogP contribution in [-0.4, -0.2) is 33.9 Å².